The Hall–Kier alpha value is -0.610. The minimum absolute atomic E-state index is 0.259. The van der Waals surface area contributed by atoms with E-state index in [4.69, 9.17) is 0 Å². The predicted octanol–water partition coefficient (Wildman–Crippen LogP) is 3.77. The fourth-order valence-electron chi connectivity index (χ4n) is 3.12. The van der Waals surface area contributed by atoms with Gasteiger partial charge < -0.3 is 10.2 Å². The summed E-state index contributed by atoms with van der Waals surface area (Å²) in [4.78, 5) is 6.79. The molecule has 0 aliphatic heterocycles. The van der Waals surface area contributed by atoms with E-state index < -0.39 is 0 Å². The Morgan fingerprint density at radius 2 is 2.32 bits per heavy atom. The predicted molar refractivity (Wildman–Crippen MR) is 84.5 cm³/mol. The van der Waals surface area contributed by atoms with Crippen molar-refractivity contribution in [3.05, 3.63) is 22.8 Å². The monoisotopic (exact) mass is 325 g/mol. The Bertz CT molecular complexity index is 422. The summed E-state index contributed by atoms with van der Waals surface area (Å²) in [6.45, 7) is 3.33. The Kier molecular flexibility index (Phi) is 4.85. The zero-order valence-corrected chi connectivity index (χ0v) is 13.7. The van der Waals surface area contributed by atoms with E-state index in [1.165, 1.54) is 25.7 Å². The van der Waals surface area contributed by atoms with E-state index in [0.29, 0.717) is 0 Å². The summed E-state index contributed by atoms with van der Waals surface area (Å²) in [5.74, 6) is 1.76. The van der Waals surface area contributed by atoms with Gasteiger partial charge in [0.15, 0.2) is 0 Å². The molecule has 3 nitrogen and oxygen atoms in total. The second-order valence-corrected chi connectivity index (χ2v) is 6.86. The van der Waals surface area contributed by atoms with Crippen molar-refractivity contribution in [3.63, 3.8) is 0 Å². The molecule has 0 aromatic carbocycles. The van der Waals surface area contributed by atoms with Crippen molar-refractivity contribution in [2.75, 3.05) is 26.0 Å². The quantitative estimate of drug-likeness (QED) is 0.913. The van der Waals surface area contributed by atoms with Crippen molar-refractivity contribution >= 4 is 21.7 Å². The van der Waals surface area contributed by atoms with Crippen LogP contribution in [0.2, 0.25) is 0 Å². The fraction of sp³-hybridized carbons (Fsp3) is 0.667. The minimum atomic E-state index is 0.259. The maximum atomic E-state index is 4.40. The summed E-state index contributed by atoms with van der Waals surface area (Å²) >= 11 is 3.55. The van der Waals surface area contributed by atoms with Crippen LogP contribution in [0.15, 0.2) is 22.8 Å². The van der Waals surface area contributed by atoms with Crippen LogP contribution in [-0.2, 0) is 0 Å². The maximum Gasteiger partial charge on any atom is 0.140 e. The van der Waals surface area contributed by atoms with Gasteiger partial charge in [-0.1, -0.05) is 19.8 Å². The number of likely N-dealkylation sites (N-methyl/N-ethyl adjacent to an activating group) is 1. The van der Waals surface area contributed by atoms with Crippen LogP contribution in [0.3, 0.4) is 0 Å². The molecule has 0 amide bonds. The van der Waals surface area contributed by atoms with Crippen LogP contribution in [0.5, 0.6) is 0 Å². The van der Waals surface area contributed by atoms with Crippen molar-refractivity contribution in [1.82, 2.24) is 9.88 Å². The van der Waals surface area contributed by atoms with E-state index in [-0.39, 0.29) is 5.54 Å². The number of rotatable bonds is 4. The number of halogens is 1. The average Bonchev–Trinajstić information content (AvgIpc) is 2.38. The number of hydrogen-bond donors (Lipinski definition) is 1. The zero-order valence-electron chi connectivity index (χ0n) is 12.1. The van der Waals surface area contributed by atoms with Crippen molar-refractivity contribution < 1.29 is 0 Å². The highest BCUT2D eigenvalue weighted by atomic mass is 79.9. The SMILES string of the molecule is CC1CCCC(CNc2ncccc2Br)(N(C)C)C1. The van der Waals surface area contributed by atoms with E-state index in [1.807, 2.05) is 18.3 Å². The highest BCUT2D eigenvalue weighted by Crippen LogP contribution is 2.36. The van der Waals surface area contributed by atoms with Crippen LogP contribution in [-0.4, -0.2) is 36.1 Å². The number of nitrogens with zero attached hydrogens (tertiary/aromatic N) is 2. The Balaban J connectivity index is 2.07. The first-order valence-corrected chi connectivity index (χ1v) is 7.85. The van der Waals surface area contributed by atoms with E-state index >= 15 is 0 Å². The molecule has 0 saturated heterocycles. The van der Waals surface area contributed by atoms with Crippen molar-refractivity contribution in [1.29, 1.82) is 0 Å². The van der Waals surface area contributed by atoms with Crippen molar-refractivity contribution in [2.24, 2.45) is 5.92 Å². The lowest BCUT2D eigenvalue weighted by Crippen LogP contribution is -2.52. The lowest BCUT2D eigenvalue weighted by molar-refractivity contribution is 0.0881. The van der Waals surface area contributed by atoms with E-state index in [1.54, 1.807) is 0 Å². The maximum absolute atomic E-state index is 4.40. The van der Waals surface area contributed by atoms with E-state index in [0.717, 1.165) is 22.8 Å². The van der Waals surface area contributed by atoms with Gasteiger partial charge in [-0.25, -0.2) is 4.98 Å². The van der Waals surface area contributed by atoms with Gasteiger partial charge in [-0.2, -0.15) is 0 Å². The molecule has 1 N–H and O–H groups in total. The summed E-state index contributed by atoms with van der Waals surface area (Å²) in [5, 5.41) is 3.53. The van der Waals surface area contributed by atoms with Crippen molar-refractivity contribution in [2.45, 2.75) is 38.1 Å². The third-order valence-corrected chi connectivity index (χ3v) is 5.00. The molecule has 19 heavy (non-hydrogen) atoms. The van der Waals surface area contributed by atoms with Gasteiger partial charge >= 0.3 is 0 Å². The molecule has 2 atom stereocenters. The molecule has 106 valence electrons. The second-order valence-electron chi connectivity index (χ2n) is 6.01. The van der Waals surface area contributed by atoms with Crippen LogP contribution in [0, 0.1) is 5.92 Å². The molecule has 1 aromatic heterocycles. The van der Waals surface area contributed by atoms with Gasteiger partial charge in [-0.3, -0.25) is 0 Å². The lowest BCUT2D eigenvalue weighted by Gasteiger charge is -2.45. The molecule has 0 spiro atoms. The number of nitrogens with one attached hydrogen (secondary N) is 1. The van der Waals surface area contributed by atoms with Gasteiger partial charge in [0.2, 0.25) is 0 Å². The van der Waals surface area contributed by atoms with Crippen molar-refractivity contribution in [3.8, 4) is 0 Å². The molecule has 0 radical (unpaired) electrons. The lowest BCUT2D eigenvalue weighted by atomic mass is 9.75. The van der Waals surface area contributed by atoms with Gasteiger partial charge in [0.25, 0.3) is 0 Å². The summed E-state index contributed by atoms with van der Waals surface area (Å²) in [5.41, 5.74) is 0.259. The molecular weight excluding hydrogens is 302 g/mol. The fourth-order valence-corrected chi connectivity index (χ4v) is 3.52. The highest BCUT2D eigenvalue weighted by Gasteiger charge is 2.36. The molecule has 0 bridgehead atoms. The molecular formula is C15H24BrN3. The summed E-state index contributed by atoms with van der Waals surface area (Å²) in [6, 6.07) is 3.97. The van der Waals surface area contributed by atoms with Gasteiger partial charge in [0, 0.05) is 18.3 Å². The molecule has 2 rings (SSSR count). The first kappa shape index (κ1) is 14.8. The molecule has 1 aromatic rings. The highest BCUT2D eigenvalue weighted by molar-refractivity contribution is 9.10. The van der Waals surface area contributed by atoms with Crippen LogP contribution in [0.4, 0.5) is 5.82 Å². The normalized spacial score (nSPS) is 27.5. The Morgan fingerprint density at radius 1 is 1.53 bits per heavy atom. The number of pyridine rings is 1. The van der Waals surface area contributed by atoms with Gasteiger partial charge in [0.05, 0.1) is 4.47 Å². The minimum Gasteiger partial charge on any atom is -0.367 e. The van der Waals surface area contributed by atoms with Gasteiger partial charge in [-0.15, -0.1) is 0 Å². The summed E-state index contributed by atoms with van der Waals surface area (Å²) in [6.07, 6.45) is 7.05. The van der Waals surface area contributed by atoms with Gasteiger partial charge in [-0.05, 0) is 60.9 Å². The summed E-state index contributed by atoms with van der Waals surface area (Å²) in [7, 11) is 4.40. The second kappa shape index (κ2) is 6.23. The van der Waals surface area contributed by atoms with Crippen LogP contribution >= 0.6 is 15.9 Å². The standard InChI is InChI=1S/C15H24BrN3/c1-12-6-4-8-15(10-12,19(2)3)11-18-14-13(16)7-5-9-17-14/h5,7,9,12H,4,6,8,10-11H2,1-3H3,(H,17,18). The van der Waals surface area contributed by atoms with E-state index in [2.05, 4.69) is 52.1 Å². The molecule has 1 aliphatic rings. The summed E-state index contributed by atoms with van der Waals surface area (Å²) < 4.78 is 1.03. The molecule has 4 heteroatoms. The molecule has 1 fully saturated rings. The first-order chi connectivity index (χ1) is 9.03. The topological polar surface area (TPSA) is 28.2 Å². The number of anilines is 1. The molecule has 1 saturated carbocycles. The number of hydrogen-bond acceptors (Lipinski definition) is 3. The van der Waals surface area contributed by atoms with Crippen LogP contribution in [0.25, 0.3) is 0 Å². The molecule has 2 unspecified atom stereocenters. The Labute approximate surface area is 124 Å². The van der Waals surface area contributed by atoms with Gasteiger partial charge in [0.1, 0.15) is 5.82 Å². The smallest absolute Gasteiger partial charge is 0.140 e. The van der Waals surface area contributed by atoms with E-state index in [9.17, 15) is 0 Å². The third kappa shape index (κ3) is 3.48. The number of aromatic nitrogens is 1. The molecule has 1 heterocycles. The molecule has 1 aliphatic carbocycles. The average molecular weight is 326 g/mol. The Morgan fingerprint density at radius 3 is 2.95 bits per heavy atom. The first-order valence-electron chi connectivity index (χ1n) is 7.05. The van der Waals surface area contributed by atoms with Crippen LogP contribution < -0.4 is 5.32 Å². The van der Waals surface area contributed by atoms with Crippen LogP contribution in [0.1, 0.15) is 32.6 Å². The largest absolute Gasteiger partial charge is 0.367 e. The zero-order chi connectivity index (χ0) is 13.9. The third-order valence-electron chi connectivity index (χ3n) is 4.36.